The fourth-order valence-electron chi connectivity index (χ4n) is 8.38. The Kier molecular flexibility index (Phi) is 6.47. The number of ketones is 1. The van der Waals surface area contributed by atoms with Gasteiger partial charge in [0.2, 0.25) is 11.8 Å². The lowest BCUT2D eigenvalue weighted by molar-refractivity contribution is -0.130. The Labute approximate surface area is 276 Å². The number of carbonyl (C=O) groups is 3. The molecule has 0 aromatic heterocycles. The number of anilines is 1. The fraction of sp³-hybridized carbons (Fsp3) is 0.125. The molecule has 1 saturated heterocycles. The minimum Gasteiger partial charge on any atom is -0.297 e. The summed E-state index contributed by atoms with van der Waals surface area (Å²) < 4.78 is 0. The zero-order valence-electron chi connectivity index (χ0n) is 24.8. The van der Waals surface area contributed by atoms with Gasteiger partial charge in [0.25, 0.3) is 0 Å². The van der Waals surface area contributed by atoms with Gasteiger partial charge in [-0.2, -0.15) is 0 Å². The molecule has 224 valence electrons. The molecular weight excluding hydrogens is 613 g/mol. The van der Waals surface area contributed by atoms with Gasteiger partial charge in [0.15, 0.2) is 5.78 Å². The van der Waals surface area contributed by atoms with E-state index in [2.05, 4.69) is 0 Å². The SMILES string of the molecule is Cc1cccc(N2C(=O)[C@H]3[C@H](C2=O)[C@@]2(c4ccc(Cl)cc4)C(=O)[C@@]3(c3ccc(Cl)cc3)C(c3ccccc3)=C2c2ccccc2)c1. The molecule has 0 unspecified atom stereocenters. The molecule has 46 heavy (non-hydrogen) atoms. The van der Waals surface area contributed by atoms with Crippen molar-refractivity contribution in [2.45, 2.75) is 17.8 Å². The van der Waals surface area contributed by atoms with Gasteiger partial charge in [-0.05, 0) is 82.3 Å². The second-order valence-electron chi connectivity index (χ2n) is 12.2. The van der Waals surface area contributed by atoms with E-state index in [0.29, 0.717) is 26.9 Å². The van der Waals surface area contributed by atoms with Crippen LogP contribution < -0.4 is 4.90 Å². The van der Waals surface area contributed by atoms with E-state index in [-0.39, 0.29) is 17.6 Å². The lowest BCUT2D eigenvalue weighted by Gasteiger charge is -2.39. The number of nitrogens with zero attached hydrogens (tertiary/aromatic N) is 1. The standard InChI is InChI=1S/C40H27Cl2NO3/c1-24-9-8-14-31(23-24)43-36(44)34-35(37(43)45)40(28-17-21-30(42)22-18-28)33(26-12-6-3-7-13-26)32(25-10-4-2-5-11-25)39(34,38(40)46)27-15-19-29(41)20-16-27/h2-23,34-35H,1H3/t34-,35-,39+,40+/m1/s1. The molecule has 5 aromatic rings. The molecule has 0 radical (unpaired) electrons. The van der Waals surface area contributed by atoms with Crippen molar-refractivity contribution >= 4 is 57.6 Å². The number of imide groups is 1. The van der Waals surface area contributed by atoms with Gasteiger partial charge in [-0.15, -0.1) is 0 Å². The molecular formula is C40H27Cl2NO3. The summed E-state index contributed by atoms with van der Waals surface area (Å²) >= 11 is 12.8. The highest BCUT2D eigenvalue weighted by Crippen LogP contribution is 2.74. The van der Waals surface area contributed by atoms with Crippen molar-refractivity contribution in [2.75, 3.05) is 4.90 Å². The fourth-order valence-corrected chi connectivity index (χ4v) is 8.63. The third kappa shape index (κ3) is 3.66. The zero-order valence-corrected chi connectivity index (χ0v) is 26.3. The second-order valence-corrected chi connectivity index (χ2v) is 13.1. The average molecular weight is 641 g/mol. The number of carbonyl (C=O) groups excluding carboxylic acids is 3. The number of aryl methyl sites for hydroxylation is 1. The maximum atomic E-state index is 15.9. The molecule has 3 aliphatic rings. The molecule has 1 saturated carbocycles. The van der Waals surface area contributed by atoms with Crippen LogP contribution in [0.25, 0.3) is 11.1 Å². The highest BCUT2D eigenvalue weighted by molar-refractivity contribution is 6.39. The topological polar surface area (TPSA) is 54.5 Å². The largest absolute Gasteiger partial charge is 0.297 e. The molecule has 2 bridgehead atoms. The van der Waals surface area contributed by atoms with Crippen molar-refractivity contribution in [2.24, 2.45) is 11.8 Å². The monoisotopic (exact) mass is 639 g/mol. The Morgan fingerprint density at radius 2 is 0.978 bits per heavy atom. The van der Waals surface area contributed by atoms with Gasteiger partial charge in [-0.1, -0.05) is 120 Å². The lowest BCUT2D eigenvalue weighted by atomic mass is 9.59. The van der Waals surface area contributed by atoms with Crippen LogP contribution in [0.3, 0.4) is 0 Å². The van der Waals surface area contributed by atoms with E-state index in [1.165, 1.54) is 4.90 Å². The van der Waals surface area contributed by atoms with Crippen LogP contribution >= 0.6 is 23.2 Å². The van der Waals surface area contributed by atoms with Crippen LogP contribution in [0.2, 0.25) is 10.0 Å². The summed E-state index contributed by atoms with van der Waals surface area (Å²) in [4.78, 5) is 47.3. The van der Waals surface area contributed by atoms with E-state index in [1.807, 2.05) is 110 Å². The van der Waals surface area contributed by atoms with E-state index >= 15 is 14.4 Å². The van der Waals surface area contributed by atoms with Crippen LogP contribution in [0, 0.1) is 18.8 Å². The molecule has 2 fully saturated rings. The van der Waals surface area contributed by atoms with Crippen LogP contribution in [-0.4, -0.2) is 17.6 Å². The maximum Gasteiger partial charge on any atom is 0.239 e. The van der Waals surface area contributed by atoms with Crippen LogP contribution in [0.5, 0.6) is 0 Å². The summed E-state index contributed by atoms with van der Waals surface area (Å²) in [5.74, 6) is -2.98. The Morgan fingerprint density at radius 3 is 1.39 bits per heavy atom. The van der Waals surface area contributed by atoms with Crippen LogP contribution in [0.1, 0.15) is 27.8 Å². The van der Waals surface area contributed by atoms with Gasteiger partial charge >= 0.3 is 0 Å². The molecule has 5 aromatic carbocycles. The maximum absolute atomic E-state index is 15.9. The molecule has 8 rings (SSSR count). The van der Waals surface area contributed by atoms with Crippen molar-refractivity contribution in [3.05, 3.63) is 171 Å². The predicted molar refractivity (Wildman–Crippen MR) is 182 cm³/mol. The number of Topliss-reactive ketones (excluding diaryl/α,β-unsaturated/α-hetero) is 1. The highest BCUT2D eigenvalue weighted by Gasteiger charge is 2.82. The number of hydrogen-bond donors (Lipinski definition) is 0. The second kappa shape index (κ2) is 10.4. The zero-order chi connectivity index (χ0) is 31.8. The van der Waals surface area contributed by atoms with E-state index < -0.39 is 22.7 Å². The van der Waals surface area contributed by atoms with Gasteiger partial charge in [-0.3, -0.25) is 14.4 Å². The van der Waals surface area contributed by atoms with Gasteiger partial charge in [-0.25, -0.2) is 4.90 Å². The third-order valence-corrected chi connectivity index (χ3v) is 10.5. The number of rotatable bonds is 5. The lowest BCUT2D eigenvalue weighted by Crippen LogP contribution is -2.45. The number of hydrogen-bond acceptors (Lipinski definition) is 3. The number of benzene rings is 5. The van der Waals surface area contributed by atoms with Crippen LogP contribution in [-0.2, 0) is 25.2 Å². The molecule has 0 spiro atoms. The van der Waals surface area contributed by atoms with Crippen molar-refractivity contribution in [1.29, 1.82) is 0 Å². The first-order valence-electron chi connectivity index (χ1n) is 15.2. The first kappa shape index (κ1) is 28.7. The van der Waals surface area contributed by atoms with Gasteiger partial charge < -0.3 is 0 Å². The molecule has 4 atom stereocenters. The Bertz CT molecular complexity index is 1960. The van der Waals surface area contributed by atoms with E-state index in [1.54, 1.807) is 30.3 Å². The smallest absolute Gasteiger partial charge is 0.239 e. The molecule has 1 aliphatic heterocycles. The van der Waals surface area contributed by atoms with Crippen molar-refractivity contribution in [3.8, 4) is 0 Å². The summed E-state index contributed by atoms with van der Waals surface area (Å²) in [6, 6.07) is 41.2. The molecule has 2 aliphatic carbocycles. The molecule has 4 nitrogen and oxygen atoms in total. The first-order chi connectivity index (χ1) is 22.3. The molecule has 6 heteroatoms. The Balaban J connectivity index is 1.56. The summed E-state index contributed by atoms with van der Waals surface area (Å²) in [5, 5.41) is 1.01. The van der Waals surface area contributed by atoms with Gasteiger partial charge in [0, 0.05) is 10.0 Å². The Hall–Kier alpha value is -4.77. The minimum absolute atomic E-state index is 0.192. The number of amides is 2. The van der Waals surface area contributed by atoms with Crippen LogP contribution in [0.15, 0.2) is 133 Å². The van der Waals surface area contributed by atoms with Crippen molar-refractivity contribution in [1.82, 2.24) is 0 Å². The third-order valence-electron chi connectivity index (χ3n) is 9.98. The minimum atomic E-state index is -1.49. The first-order valence-corrected chi connectivity index (χ1v) is 15.9. The molecule has 1 heterocycles. The predicted octanol–water partition coefficient (Wildman–Crippen LogP) is 8.49. The normalized spacial score (nSPS) is 25.0. The molecule has 0 N–H and O–H groups in total. The molecule has 2 amide bonds. The number of fused-ring (bicyclic) bond motifs is 5. The van der Waals surface area contributed by atoms with Gasteiger partial charge in [0.1, 0.15) is 0 Å². The van der Waals surface area contributed by atoms with Crippen LogP contribution in [0.4, 0.5) is 5.69 Å². The van der Waals surface area contributed by atoms with E-state index in [4.69, 9.17) is 23.2 Å². The van der Waals surface area contributed by atoms with E-state index in [0.717, 1.165) is 27.8 Å². The number of allylic oxidation sites excluding steroid dienone is 2. The van der Waals surface area contributed by atoms with Crippen molar-refractivity contribution in [3.63, 3.8) is 0 Å². The summed E-state index contributed by atoms with van der Waals surface area (Å²) in [7, 11) is 0. The summed E-state index contributed by atoms with van der Waals surface area (Å²) in [6.07, 6.45) is 0. The van der Waals surface area contributed by atoms with Crippen molar-refractivity contribution < 1.29 is 14.4 Å². The van der Waals surface area contributed by atoms with E-state index in [9.17, 15) is 0 Å². The number of halogens is 2. The summed E-state index contributed by atoms with van der Waals surface area (Å²) in [5.41, 5.74) is 2.78. The Morgan fingerprint density at radius 1 is 0.543 bits per heavy atom. The average Bonchev–Trinajstić information content (AvgIpc) is 3.58. The highest BCUT2D eigenvalue weighted by atomic mass is 35.5. The summed E-state index contributed by atoms with van der Waals surface area (Å²) in [6.45, 7) is 1.93. The quantitative estimate of drug-likeness (QED) is 0.181. The van der Waals surface area contributed by atoms with Gasteiger partial charge in [0.05, 0.1) is 28.4 Å².